The van der Waals surface area contributed by atoms with Gasteiger partial charge in [0.05, 0.1) is 32.0 Å². The van der Waals surface area contributed by atoms with Gasteiger partial charge in [-0.05, 0) is 67.6 Å². The minimum Gasteiger partial charge on any atom is -0.497 e. The van der Waals surface area contributed by atoms with E-state index in [1.54, 1.807) is 87.9 Å². The molecule has 0 aromatic heterocycles. The van der Waals surface area contributed by atoms with Crippen molar-refractivity contribution in [2.24, 2.45) is 0 Å². The lowest BCUT2D eigenvalue weighted by Gasteiger charge is -2.08. The standard InChI is InChI=1S/C16H16O4.C14H12O4/c1-3-19-16(17)12-6-4-8-14(10-12)20-15-9-5-7-13(11-15)18-2;1-17-11-5-3-7-13(9-11)18-12-6-2-4-10(8-12)14(15)16/h4-11H,3H2,1-2H3;2-9H,1H3,(H,15,16). The molecule has 196 valence electrons. The molecule has 38 heavy (non-hydrogen) atoms. The molecule has 0 aliphatic heterocycles. The summed E-state index contributed by atoms with van der Waals surface area (Å²) in [7, 11) is 3.17. The first-order chi connectivity index (χ1) is 18.4. The van der Waals surface area contributed by atoms with Crippen LogP contribution in [-0.2, 0) is 4.74 Å². The number of ether oxygens (including phenoxy) is 5. The van der Waals surface area contributed by atoms with E-state index in [-0.39, 0.29) is 11.5 Å². The van der Waals surface area contributed by atoms with E-state index in [2.05, 4.69) is 0 Å². The third kappa shape index (κ3) is 8.30. The lowest BCUT2D eigenvalue weighted by atomic mass is 10.2. The molecule has 0 spiro atoms. The van der Waals surface area contributed by atoms with Gasteiger partial charge in [0.1, 0.15) is 34.5 Å². The fourth-order valence-corrected chi connectivity index (χ4v) is 3.20. The number of benzene rings is 4. The molecule has 8 nitrogen and oxygen atoms in total. The van der Waals surface area contributed by atoms with Gasteiger partial charge >= 0.3 is 11.9 Å². The summed E-state index contributed by atoms with van der Waals surface area (Å²) >= 11 is 0. The van der Waals surface area contributed by atoms with E-state index in [1.165, 1.54) is 12.1 Å². The van der Waals surface area contributed by atoms with Crippen LogP contribution in [0.3, 0.4) is 0 Å². The summed E-state index contributed by atoms with van der Waals surface area (Å²) in [4.78, 5) is 22.5. The van der Waals surface area contributed by atoms with E-state index >= 15 is 0 Å². The Labute approximate surface area is 220 Å². The van der Waals surface area contributed by atoms with Crippen molar-refractivity contribution in [2.75, 3.05) is 20.8 Å². The molecule has 8 heteroatoms. The number of hydrogen-bond donors (Lipinski definition) is 1. The van der Waals surface area contributed by atoms with Crippen LogP contribution in [0.4, 0.5) is 0 Å². The van der Waals surface area contributed by atoms with Crippen LogP contribution in [0, 0.1) is 0 Å². The van der Waals surface area contributed by atoms with Crippen molar-refractivity contribution in [3.63, 3.8) is 0 Å². The zero-order valence-corrected chi connectivity index (χ0v) is 21.2. The molecule has 0 aliphatic carbocycles. The first-order valence-corrected chi connectivity index (χ1v) is 11.7. The van der Waals surface area contributed by atoms with Crippen LogP contribution in [0.1, 0.15) is 27.6 Å². The quantitative estimate of drug-likeness (QED) is 0.241. The molecule has 0 fully saturated rings. The van der Waals surface area contributed by atoms with Gasteiger partial charge in [-0.3, -0.25) is 0 Å². The normalized spacial score (nSPS) is 9.87. The van der Waals surface area contributed by atoms with Crippen molar-refractivity contribution < 1.29 is 38.4 Å². The number of esters is 1. The van der Waals surface area contributed by atoms with Crippen molar-refractivity contribution in [1.82, 2.24) is 0 Å². The van der Waals surface area contributed by atoms with Gasteiger partial charge in [0, 0.05) is 12.1 Å². The van der Waals surface area contributed by atoms with Crippen molar-refractivity contribution in [3.8, 4) is 34.5 Å². The van der Waals surface area contributed by atoms with E-state index in [9.17, 15) is 9.59 Å². The van der Waals surface area contributed by atoms with Crippen LogP contribution in [0.15, 0.2) is 97.1 Å². The number of carboxylic acids is 1. The Morgan fingerprint density at radius 1 is 0.605 bits per heavy atom. The van der Waals surface area contributed by atoms with Crippen molar-refractivity contribution in [2.45, 2.75) is 6.92 Å². The van der Waals surface area contributed by atoms with Crippen LogP contribution in [0.25, 0.3) is 0 Å². The van der Waals surface area contributed by atoms with E-state index in [0.29, 0.717) is 46.7 Å². The Morgan fingerprint density at radius 3 is 1.45 bits per heavy atom. The lowest BCUT2D eigenvalue weighted by molar-refractivity contribution is 0.0525. The zero-order valence-electron chi connectivity index (χ0n) is 21.2. The molecule has 0 aliphatic rings. The third-order valence-corrected chi connectivity index (χ3v) is 4.98. The van der Waals surface area contributed by atoms with E-state index in [1.807, 2.05) is 18.2 Å². The maximum absolute atomic E-state index is 11.7. The number of carboxylic acid groups (broad SMARTS) is 1. The molecule has 0 saturated carbocycles. The molecule has 4 aromatic carbocycles. The summed E-state index contributed by atoms with van der Waals surface area (Å²) in [5.74, 6) is 2.34. The minimum absolute atomic E-state index is 0.190. The average Bonchev–Trinajstić information content (AvgIpc) is 2.94. The molecular formula is C30H28O8. The summed E-state index contributed by atoms with van der Waals surface area (Å²) in [5.41, 5.74) is 0.655. The first kappa shape index (κ1) is 27.6. The molecule has 0 unspecified atom stereocenters. The molecule has 0 atom stereocenters. The average molecular weight is 517 g/mol. The molecule has 0 saturated heterocycles. The highest BCUT2D eigenvalue weighted by Gasteiger charge is 2.08. The number of hydrogen-bond acceptors (Lipinski definition) is 7. The van der Waals surface area contributed by atoms with Gasteiger partial charge in [0.25, 0.3) is 0 Å². The number of methoxy groups -OCH3 is 2. The van der Waals surface area contributed by atoms with Gasteiger partial charge in [-0.25, -0.2) is 9.59 Å². The van der Waals surface area contributed by atoms with Crippen LogP contribution in [0.5, 0.6) is 34.5 Å². The number of carbonyl (C=O) groups is 2. The van der Waals surface area contributed by atoms with Gasteiger partial charge in [0.2, 0.25) is 0 Å². The number of carbonyl (C=O) groups excluding carboxylic acids is 1. The molecule has 4 aromatic rings. The minimum atomic E-state index is -0.980. The second-order valence-electron chi connectivity index (χ2n) is 7.64. The SMILES string of the molecule is CCOC(=O)c1cccc(Oc2cccc(OC)c2)c1.COc1cccc(Oc2cccc(C(=O)O)c2)c1. The second kappa shape index (κ2) is 13.9. The number of rotatable bonds is 9. The topological polar surface area (TPSA) is 101 Å². The van der Waals surface area contributed by atoms with Gasteiger partial charge in [-0.15, -0.1) is 0 Å². The Balaban J connectivity index is 0.000000212. The molecular weight excluding hydrogens is 488 g/mol. The molecule has 0 amide bonds. The Kier molecular flexibility index (Phi) is 10.1. The second-order valence-corrected chi connectivity index (χ2v) is 7.64. The van der Waals surface area contributed by atoms with Crippen LogP contribution in [-0.4, -0.2) is 37.9 Å². The van der Waals surface area contributed by atoms with Crippen LogP contribution in [0.2, 0.25) is 0 Å². The Bertz CT molecular complexity index is 1370. The first-order valence-electron chi connectivity index (χ1n) is 11.7. The van der Waals surface area contributed by atoms with Crippen molar-refractivity contribution >= 4 is 11.9 Å². The summed E-state index contributed by atoms with van der Waals surface area (Å²) in [6, 6.07) is 27.6. The van der Waals surface area contributed by atoms with E-state index in [4.69, 9.17) is 28.8 Å². The van der Waals surface area contributed by atoms with Crippen molar-refractivity contribution in [1.29, 1.82) is 0 Å². The largest absolute Gasteiger partial charge is 0.497 e. The van der Waals surface area contributed by atoms with Gasteiger partial charge in [-0.2, -0.15) is 0 Å². The third-order valence-electron chi connectivity index (χ3n) is 4.98. The monoisotopic (exact) mass is 516 g/mol. The Morgan fingerprint density at radius 2 is 1.00 bits per heavy atom. The van der Waals surface area contributed by atoms with Gasteiger partial charge in [-0.1, -0.05) is 24.3 Å². The van der Waals surface area contributed by atoms with E-state index in [0.717, 1.165) is 0 Å². The lowest BCUT2D eigenvalue weighted by Crippen LogP contribution is -2.04. The molecule has 0 radical (unpaired) electrons. The van der Waals surface area contributed by atoms with Crippen LogP contribution < -0.4 is 18.9 Å². The highest BCUT2D eigenvalue weighted by molar-refractivity contribution is 5.90. The summed E-state index contributed by atoms with van der Waals surface area (Å²) < 4.78 is 26.4. The summed E-state index contributed by atoms with van der Waals surface area (Å²) in [6.07, 6.45) is 0. The van der Waals surface area contributed by atoms with Crippen LogP contribution >= 0.6 is 0 Å². The number of aromatic carboxylic acids is 1. The molecule has 0 bridgehead atoms. The summed E-state index contributed by atoms with van der Waals surface area (Å²) in [6.45, 7) is 2.12. The fourth-order valence-electron chi connectivity index (χ4n) is 3.20. The smallest absolute Gasteiger partial charge is 0.338 e. The van der Waals surface area contributed by atoms with Crippen molar-refractivity contribution in [3.05, 3.63) is 108 Å². The maximum atomic E-state index is 11.7. The predicted octanol–water partition coefficient (Wildman–Crippen LogP) is 6.85. The van der Waals surface area contributed by atoms with E-state index < -0.39 is 5.97 Å². The fraction of sp³-hybridized carbons (Fsp3) is 0.133. The highest BCUT2D eigenvalue weighted by Crippen LogP contribution is 2.27. The Hall–Kier alpha value is -4.98. The molecule has 4 rings (SSSR count). The highest BCUT2D eigenvalue weighted by atomic mass is 16.5. The van der Waals surface area contributed by atoms with Gasteiger partial charge < -0.3 is 28.8 Å². The maximum Gasteiger partial charge on any atom is 0.338 e. The molecule has 1 N–H and O–H groups in total. The summed E-state index contributed by atoms with van der Waals surface area (Å²) in [5, 5.41) is 8.88. The predicted molar refractivity (Wildman–Crippen MR) is 142 cm³/mol. The van der Waals surface area contributed by atoms with Gasteiger partial charge in [0.15, 0.2) is 0 Å². The molecule has 0 heterocycles. The zero-order chi connectivity index (χ0) is 27.3.